The van der Waals surface area contributed by atoms with Crippen molar-refractivity contribution >= 4 is 5.97 Å². The molecular weight excluding hydrogens is 957 g/mol. The van der Waals surface area contributed by atoms with E-state index in [1.54, 1.807) is 14.2 Å². The highest BCUT2D eigenvalue weighted by Gasteiger charge is 2.58. The molecule has 10 bridgehead atoms. The molecular formula is C57H88O17. The average molecular weight is 1050 g/mol. The number of unbranched alkanes of at least 4 members (excludes halogenated alkanes) is 2. The summed E-state index contributed by atoms with van der Waals surface area (Å²) in [7, 11) is 3.36. The molecule has 1 spiro atoms. The van der Waals surface area contributed by atoms with Gasteiger partial charge >= 0.3 is 5.97 Å². The fourth-order valence-electron chi connectivity index (χ4n) is 14.9. The van der Waals surface area contributed by atoms with Crippen LogP contribution in [0.1, 0.15) is 162 Å². The maximum atomic E-state index is 14.3. The summed E-state index contributed by atoms with van der Waals surface area (Å²) in [5.41, 5.74) is 2.19. The Morgan fingerprint density at radius 2 is 1.38 bits per heavy atom. The van der Waals surface area contributed by atoms with Crippen molar-refractivity contribution in [1.82, 2.24) is 0 Å². The van der Waals surface area contributed by atoms with E-state index >= 15 is 0 Å². The minimum absolute atomic E-state index is 0.00288. The zero-order valence-electron chi connectivity index (χ0n) is 44.6. The Balaban J connectivity index is 0.746. The minimum Gasteiger partial charge on any atom is -0.459 e. The van der Waals surface area contributed by atoms with Crippen molar-refractivity contribution in [2.24, 2.45) is 5.92 Å². The van der Waals surface area contributed by atoms with Gasteiger partial charge in [-0.05, 0) is 94.1 Å². The number of esters is 1. The third-order valence-corrected chi connectivity index (χ3v) is 19.1. The fraction of sp³-hybridized carbons (Fsp3) is 0.912. The van der Waals surface area contributed by atoms with Crippen molar-refractivity contribution in [3.8, 4) is 0 Å². The maximum absolute atomic E-state index is 14.3. The van der Waals surface area contributed by atoms with Crippen molar-refractivity contribution in [3.05, 3.63) is 24.3 Å². The van der Waals surface area contributed by atoms with Gasteiger partial charge < -0.3 is 76.5 Å². The molecule has 0 amide bonds. The van der Waals surface area contributed by atoms with Crippen LogP contribution >= 0.6 is 0 Å². The molecule has 11 aliphatic rings. The van der Waals surface area contributed by atoms with E-state index in [4.69, 9.17) is 66.3 Å². The second kappa shape index (κ2) is 23.2. The Bertz CT molecular complexity index is 1940. The van der Waals surface area contributed by atoms with Gasteiger partial charge in [-0.3, -0.25) is 4.79 Å². The largest absolute Gasteiger partial charge is 0.459 e. The van der Waals surface area contributed by atoms with Gasteiger partial charge in [0.25, 0.3) is 0 Å². The third kappa shape index (κ3) is 11.7. The zero-order valence-corrected chi connectivity index (χ0v) is 44.6. The van der Waals surface area contributed by atoms with Crippen LogP contribution in [-0.4, -0.2) is 177 Å². The molecule has 0 aromatic carbocycles. The molecule has 17 heteroatoms. The number of hydrogen-bond donors (Lipinski definition) is 2. The number of hydrogen-bond acceptors (Lipinski definition) is 17. The van der Waals surface area contributed by atoms with Crippen LogP contribution < -0.4 is 0 Å². The number of carbonyl (C=O) groups is 1. The average Bonchev–Trinajstić information content (AvgIpc) is 4.07. The number of carbonyl (C=O) groups excluding carboxylic acids is 1. The summed E-state index contributed by atoms with van der Waals surface area (Å²) in [4.78, 5) is 14.3. The highest BCUT2D eigenvalue weighted by molar-refractivity contribution is 5.70. The van der Waals surface area contributed by atoms with Crippen LogP contribution in [0.25, 0.3) is 0 Å². The molecule has 0 aliphatic carbocycles. The molecule has 2 N–H and O–H groups in total. The Labute approximate surface area is 438 Å². The first-order chi connectivity index (χ1) is 35.8. The van der Waals surface area contributed by atoms with Crippen LogP contribution in [0.4, 0.5) is 0 Å². The van der Waals surface area contributed by atoms with Gasteiger partial charge in [-0.1, -0.05) is 33.4 Å². The molecule has 11 saturated heterocycles. The number of aliphatic hydroxyl groups is 2. The van der Waals surface area contributed by atoms with Gasteiger partial charge in [0.05, 0.1) is 117 Å². The molecule has 0 aromatic rings. The van der Waals surface area contributed by atoms with Crippen LogP contribution in [0.5, 0.6) is 0 Å². The van der Waals surface area contributed by atoms with Crippen molar-refractivity contribution in [3.63, 3.8) is 0 Å². The third-order valence-electron chi connectivity index (χ3n) is 19.1. The smallest absolute Gasteiger partial charge is 0.308 e. The van der Waals surface area contributed by atoms with Crippen molar-refractivity contribution in [2.45, 2.75) is 301 Å². The summed E-state index contributed by atoms with van der Waals surface area (Å²) >= 11 is 0. The summed E-state index contributed by atoms with van der Waals surface area (Å²) in [6.07, 6.45) is 10.7. The molecule has 24 atom stereocenters. The SMILES string of the molecule is C=C1C2CC3OC4CC5O[C@](CCCCC[C@@H](OC)O[C@H]6C[C@@H](O)C(CO)O[C@H]6CC)(OC)C[C@H]5O[C@H]4C[C@H]3OC(=O)CC3CC[C@@H]4O[C@@H]5C[C@@H](O[C@]6(CCC5O6)CC[C@H]5CC(=C)[C@H](CCC(C[C@H]1C)O2)O5)[C@H]4O3. The lowest BCUT2D eigenvalue weighted by atomic mass is 9.83. The number of ether oxygens (including phenoxy) is 14. The van der Waals surface area contributed by atoms with Gasteiger partial charge in [-0.15, -0.1) is 0 Å². The monoisotopic (exact) mass is 1040 g/mol. The van der Waals surface area contributed by atoms with Gasteiger partial charge in [-0.2, -0.15) is 0 Å². The predicted molar refractivity (Wildman–Crippen MR) is 266 cm³/mol. The fourth-order valence-corrected chi connectivity index (χ4v) is 14.9. The van der Waals surface area contributed by atoms with E-state index in [2.05, 4.69) is 20.1 Å². The first-order valence-corrected chi connectivity index (χ1v) is 29.0. The summed E-state index contributed by atoms with van der Waals surface area (Å²) in [5, 5.41) is 20.1. The standard InChI is InChI=1S/C57H88O17/c1-7-38-43(24-37(59)52(30-58)66-38)71-54(61-5)11-9-8-10-18-57(62-6)29-51-49(73-57)27-47-46(69-51)26-48-45(68-47)25-42-33(4)31(2)21-34(64-42)12-14-39-32(3)22-36(63-39)16-19-56-20-17-40(72-56)44-28-50(74-56)55-41(67-44)15-13-35(65-55)23-53(60)70-48/h31,34-52,54-55,58-59H,3-4,7-30H2,1-2,5-6H3/t31-,34?,35?,36+,37-,38+,39+,40?,41+,42?,43+,44-,45?,46+,47?,48-,49?,50-,51-,52?,54+,55+,56+,57+/m1/s1. The molecule has 8 unspecified atom stereocenters. The van der Waals surface area contributed by atoms with E-state index < -0.39 is 42.3 Å². The highest BCUT2D eigenvalue weighted by Crippen LogP contribution is 2.50. The van der Waals surface area contributed by atoms with E-state index in [1.165, 1.54) is 0 Å². The lowest BCUT2D eigenvalue weighted by Crippen LogP contribution is -2.57. The van der Waals surface area contributed by atoms with E-state index in [-0.39, 0.29) is 123 Å². The molecule has 0 aromatic heterocycles. The van der Waals surface area contributed by atoms with E-state index in [9.17, 15) is 15.0 Å². The van der Waals surface area contributed by atoms with Crippen molar-refractivity contribution in [2.75, 3.05) is 20.8 Å². The number of methoxy groups -OCH3 is 2. The zero-order chi connectivity index (χ0) is 51.3. The number of rotatable bonds is 12. The van der Waals surface area contributed by atoms with Gasteiger partial charge in [0.2, 0.25) is 0 Å². The first-order valence-electron chi connectivity index (χ1n) is 29.0. The Hall–Kier alpha value is -1.65. The molecule has 0 radical (unpaired) electrons. The van der Waals surface area contributed by atoms with Crippen LogP contribution in [0.3, 0.4) is 0 Å². The van der Waals surface area contributed by atoms with E-state index in [0.717, 1.165) is 88.2 Å². The first kappa shape index (κ1) is 54.3. The molecule has 11 heterocycles. The lowest BCUT2D eigenvalue weighted by molar-refractivity contribution is -0.277. The number of aliphatic hydroxyl groups excluding tert-OH is 2. The Kier molecular flexibility index (Phi) is 17.0. The predicted octanol–water partition coefficient (Wildman–Crippen LogP) is 6.97. The van der Waals surface area contributed by atoms with Crippen LogP contribution in [0.2, 0.25) is 0 Å². The topological polar surface area (TPSA) is 187 Å². The highest BCUT2D eigenvalue weighted by atomic mass is 16.7. The molecule has 0 saturated carbocycles. The Morgan fingerprint density at radius 1 is 0.662 bits per heavy atom. The minimum atomic E-state index is -0.801. The van der Waals surface area contributed by atoms with Gasteiger partial charge in [0.15, 0.2) is 17.9 Å². The van der Waals surface area contributed by atoms with Gasteiger partial charge in [-0.25, -0.2) is 0 Å². The van der Waals surface area contributed by atoms with Crippen molar-refractivity contribution in [1.29, 1.82) is 0 Å². The Morgan fingerprint density at radius 3 is 2.19 bits per heavy atom. The normalized spacial score (nSPS) is 48.9. The van der Waals surface area contributed by atoms with Crippen LogP contribution in [0.15, 0.2) is 24.3 Å². The van der Waals surface area contributed by atoms with Gasteiger partial charge in [0.1, 0.15) is 18.3 Å². The summed E-state index contributed by atoms with van der Waals surface area (Å²) in [5.74, 6) is -1.57. The second-order valence-corrected chi connectivity index (χ2v) is 24.1. The van der Waals surface area contributed by atoms with E-state index in [1.807, 2.05) is 6.92 Å². The lowest BCUT2D eigenvalue weighted by Gasteiger charge is -2.48. The van der Waals surface area contributed by atoms with Crippen molar-refractivity contribution < 1.29 is 81.3 Å². The molecule has 11 fully saturated rings. The summed E-state index contributed by atoms with van der Waals surface area (Å²) < 4.78 is 92.6. The maximum Gasteiger partial charge on any atom is 0.308 e. The number of fused-ring (bicyclic) bond motifs is 11. The van der Waals surface area contributed by atoms with Gasteiger partial charge in [0, 0.05) is 72.0 Å². The van der Waals surface area contributed by atoms with E-state index in [0.29, 0.717) is 64.2 Å². The molecule has 17 nitrogen and oxygen atoms in total. The molecule has 11 aliphatic heterocycles. The summed E-state index contributed by atoms with van der Waals surface area (Å²) in [6.45, 7) is 13.1. The van der Waals surface area contributed by atoms with Crippen LogP contribution in [-0.2, 0) is 71.1 Å². The molecule has 418 valence electrons. The summed E-state index contributed by atoms with van der Waals surface area (Å²) in [6, 6.07) is 0. The molecule has 74 heavy (non-hydrogen) atoms. The van der Waals surface area contributed by atoms with Crippen LogP contribution in [0, 0.1) is 5.92 Å². The quantitative estimate of drug-likeness (QED) is 0.0883. The second-order valence-electron chi connectivity index (χ2n) is 24.1. The molecule has 11 rings (SSSR count).